The van der Waals surface area contributed by atoms with Crippen LogP contribution in [0.5, 0.6) is 23.0 Å². The highest BCUT2D eigenvalue weighted by molar-refractivity contribution is 6.39. The second-order valence-electron chi connectivity index (χ2n) is 10.2. The van der Waals surface area contributed by atoms with Gasteiger partial charge in [-0.25, -0.2) is 4.39 Å². The van der Waals surface area contributed by atoms with Crippen LogP contribution in [0.4, 0.5) is 10.1 Å². The molecule has 0 spiro atoms. The van der Waals surface area contributed by atoms with Crippen LogP contribution in [0, 0.1) is 18.7 Å². The Morgan fingerprint density at radius 2 is 1.81 bits per heavy atom. The van der Waals surface area contributed by atoms with E-state index in [0.717, 1.165) is 48.0 Å². The second-order valence-corrected chi connectivity index (χ2v) is 10.2. The molecule has 9 nitrogen and oxygen atoms in total. The van der Waals surface area contributed by atoms with Crippen LogP contribution in [0.25, 0.3) is 10.9 Å². The van der Waals surface area contributed by atoms with Crippen LogP contribution in [-0.2, 0) is 16.1 Å². The molecule has 2 heterocycles. The molecule has 1 aromatic heterocycles. The van der Waals surface area contributed by atoms with Gasteiger partial charge in [-0.05, 0) is 74.2 Å². The fraction of sp³-hybridized carbons (Fsp3) is 0.281. The van der Waals surface area contributed by atoms with Gasteiger partial charge in [-0.1, -0.05) is 24.3 Å². The van der Waals surface area contributed by atoms with Crippen molar-refractivity contribution in [3.05, 3.63) is 83.8 Å². The third-order valence-corrected chi connectivity index (χ3v) is 7.41. The van der Waals surface area contributed by atoms with Crippen LogP contribution in [0.15, 0.2) is 66.9 Å². The van der Waals surface area contributed by atoms with Gasteiger partial charge in [-0.15, -0.1) is 0 Å². The lowest BCUT2D eigenvalue weighted by Gasteiger charge is -2.23. The molecule has 0 aliphatic carbocycles. The fourth-order valence-corrected chi connectivity index (χ4v) is 4.98. The first-order valence-electron chi connectivity index (χ1n) is 13.8. The first-order chi connectivity index (χ1) is 20.3. The number of primary amides is 1. The fourth-order valence-electron chi connectivity index (χ4n) is 4.98. The smallest absolute Gasteiger partial charge is 0.316 e. The highest BCUT2D eigenvalue weighted by Gasteiger charge is 2.23. The molecule has 4 aromatic rings. The molecular formula is C32H33FN4O5. The summed E-state index contributed by atoms with van der Waals surface area (Å²) < 4.78 is 33.1. The number of nitrogens with two attached hydrogens (primary N) is 1. The van der Waals surface area contributed by atoms with Crippen molar-refractivity contribution in [1.29, 1.82) is 0 Å². The summed E-state index contributed by atoms with van der Waals surface area (Å²) in [5.74, 6) is -0.959. The van der Waals surface area contributed by atoms with E-state index >= 15 is 4.39 Å². The number of ether oxygens (including phenoxy) is 3. The summed E-state index contributed by atoms with van der Waals surface area (Å²) in [5.41, 5.74) is 7.79. The Morgan fingerprint density at radius 3 is 2.52 bits per heavy atom. The lowest BCUT2D eigenvalue weighted by atomic mass is 9.99. The molecule has 0 radical (unpaired) electrons. The number of fused-ring (bicyclic) bond motifs is 1. The minimum Gasteiger partial charge on any atom is -0.493 e. The highest BCUT2D eigenvalue weighted by Crippen LogP contribution is 2.38. The van der Waals surface area contributed by atoms with Gasteiger partial charge in [-0.2, -0.15) is 0 Å². The van der Waals surface area contributed by atoms with Crippen molar-refractivity contribution in [3.63, 3.8) is 0 Å². The van der Waals surface area contributed by atoms with Gasteiger partial charge in [0.1, 0.15) is 5.75 Å². The number of rotatable bonds is 9. The van der Waals surface area contributed by atoms with E-state index in [1.807, 2.05) is 31.2 Å². The van der Waals surface area contributed by atoms with Gasteiger partial charge in [0.2, 0.25) is 0 Å². The van der Waals surface area contributed by atoms with Crippen molar-refractivity contribution in [2.24, 2.45) is 11.7 Å². The van der Waals surface area contributed by atoms with E-state index in [-0.39, 0.29) is 18.0 Å². The zero-order valence-corrected chi connectivity index (χ0v) is 23.6. The predicted molar refractivity (Wildman–Crippen MR) is 157 cm³/mol. The van der Waals surface area contributed by atoms with Crippen LogP contribution >= 0.6 is 0 Å². The van der Waals surface area contributed by atoms with Crippen molar-refractivity contribution < 1.29 is 28.2 Å². The Morgan fingerprint density at radius 1 is 1.02 bits per heavy atom. The largest absolute Gasteiger partial charge is 0.493 e. The number of carbonyl (C=O) groups excluding carboxylic acids is 2. The van der Waals surface area contributed by atoms with Gasteiger partial charge in [0.05, 0.1) is 25.8 Å². The normalized spacial score (nSPS) is 13.5. The number of aryl methyl sites for hydroxylation is 1. The second kappa shape index (κ2) is 12.9. The number of hydrogen-bond acceptors (Lipinski definition) is 7. The zero-order chi connectivity index (χ0) is 29.6. The van der Waals surface area contributed by atoms with Crippen LogP contribution in [-0.4, -0.2) is 43.6 Å². The number of nitrogens with one attached hydrogen (secondary N) is 1. The zero-order valence-electron chi connectivity index (χ0n) is 23.6. The Balaban J connectivity index is 1.40. The standard InChI is InChI=1S/C32H33FN4O5/c1-20-5-3-4-6-22(20)18-37(32(39)31(34)38)23-7-8-28(25(33)15-23)42-27-11-14-36-26-17-30(29(40-2)16-24(26)27)41-19-21-9-12-35-13-10-21/h3-8,11,14-17,21,35H,9-10,12-13,18-19H2,1-2H3,(H2,34,38). The van der Waals surface area contributed by atoms with E-state index in [1.54, 1.807) is 31.5 Å². The van der Waals surface area contributed by atoms with Gasteiger partial charge in [0, 0.05) is 29.4 Å². The average Bonchev–Trinajstić information content (AvgIpc) is 3.00. The SMILES string of the molecule is COc1cc2c(Oc3ccc(N(Cc4ccccc4C)C(=O)C(N)=O)cc3F)ccnc2cc1OCC1CCNCC1. The lowest BCUT2D eigenvalue weighted by molar-refractivity contribution is -0.135. The number of aromatic nitrogens is 1. The maximum absolute atomic E-state index is 15.4. The van der Waals surface area contributed by atoms with E-state index in [2.05, 4.69) is 10.3 Å². The highest BCUT2D eigenvalue weighted by atomic mass is 19.1. The van der Waals surface area contributed by atoms with E-state index in [9.17, 15) is 9.59 Å². The molecule has 2 amide bonds. The number of benzene rings is 3. The number of piperidine rings is 1. The molecular weight excluding hydrogens is 539 g/mol. The van der Waals surface area contributed by atoms with E-state index < -0.39 is 17.6 Å². The summed E-state index contributed by atoms with van der Waals surface area (Å²) >= 11 is 0. The molecule has 0 bridgehead atoms. The van der Waals surface area contributed by atoms with Crippen molar-refractivity contribution in [1.82, 2.24) is 10.3 Å². The molecule has 1 saturated heterocycles. The summed E-state index contributed by atoms with van der Waals surface area (Å²) in [7, 11) is 1.56. The average molecular weight is 573 g/mol. The van der Waals surface area contributed by atoms with E-state index in [1.165, 1.54) is 12.1 Å². The third kappa shape index (κ3) is 6.44. The summed E-state index contributed by atoms with van der Waals surface area (Å²) in [6.45, 7) is 4.47. The number of carbonyl (C=O) groups is 2. The molecule has 3 N–H and O–H groups in total. The Labute approximate surface area is 243 Å². The number of nitrogens with zero attached hydrogens (tertiary/aromatic N) is 2. The first kappa shape index (κ1) is 28.8. The molecule has 0 unspecified atom stereocenters. The van der Waals surface area contributed by atoms with Gasteiger partial charge >= 0.3 is 11.8 Å². The van der Waals surface area contributed by atoms with Crippen molar-refractivity contribution in [2.75, 3.05) is 31.7 Å². The summed E-state index contributed by atoms with van der Waals surface area (Å²) in [6, 6.07) is 16.7. The van der Waals surface area contributed by atoms with Crippen LogP contribution in [0.2, 0.25) is 0 Å². The van der Waals surface area contributed by atoms with Crippen LogP contribution < -0.4 is 30.2 Å². The summed E-state index contributed by atoms with van der Waals surface area (Å²) in [4.78, 5) is 30.1. The van der Waals surface area contributed by atoms with Gasteiger partial charge in [0.15, 0.2) is 23.1 Å². The molecule has 10 heteroatoms. The van der Waals surface area contributed by atoms with Crippen LogP contribution in [0.3, 0.4) is 0 Å². The number of hydrogen-bond donors (Lipinski definition) is 2. The molecule has 1 aliphatic heterocycles. The minimum atomic E-state index is -1.14. The monoisotopic (exact) mass is 572 g/mol. The topological polar surface area (TPSA) is 116 Å². The molecule has 3 aromatic carbocycles. The maximum atomic E-state index is 15.4. The molecule has 0 atom stereocenters. The number of amides is 2. The van der Waals surface area contributed by atoms with Crippen molar-refractivity contribution >= 4 is 28.4 Å². The molecule has 42 heavy (non-hydrogen) atoms. The summed E-state index contributed by atoms with van der Waals surface area (Å²) in [6.07, 6.45) is 3.68. The Bertz CT molecular complexity index is 1610. The van der Waals surface area contributed by atoms with E-state index in [4.69, 9.17) is 19.9 Å². The molecule has 5 rings (SSSR count). The Hall–Kier alpha value is -4.70. The number of halogens is 1. The minimum absolute atomic E-state index is 0.0465. The summed E-state index contributed by atoms with van der Waals surface area (Å²) in [5, 5.41) is 3.96. The number of methoxy groups -OCH3 is 1. The number of anilines is 1. The predicted octanol–water partition coefficient (Wildman–Crippen LogP) is 4.88. The van der Waals surface area contributed by atoms with Gasteiger partial charge < -0.3 is 25.3 Å². The third-order valence-electron chi connectivity index (χ3n) is 7.41. The molecule has 1 fully saturated rings. The van der Waals surface area contributed by atoms with Crippen LogP contribution in [0.1, 0.15) is 24.0 Å². The van der Waals surface area contributed by atoms with Crippen molar-refractivity contribution in [3.8, 4) is 23.0 Å². The maximum Gasteiger partial charge on any atom is 0.316 e. The van der Waals surface area contributed by atoms with Crippen molar-refractivity contribution in [2.45, 2.75) is 26.3 Å². The Kier molecular flexibility index (Phi) is 8.83. The van der Waals surface area contributed by atoms with Gasteiger partial charge in [-0.3, -0.25) is 19.5 Å². The molecule has 0 saturated carbocycles. The first-order valence-corrected chi connectivity index (χ1v) is 13.8. The lowest BCUT2D eigenvalue weighted by Crippen LogP contribution is -2.40. The number of pyridine rings is 1. The van der Waals surface area contributed by atoms with Gasteiger partial charge in [0.25, 0.3) is 0 Å². The molecule has 218 valence electrons. The van der Waals surface area contributed by atoms with E-state index in [0.29, 0.717) is 40.7 Å². The molecule has 1 aliphatic rings. The quantitative estimate of drug-likeness (QED) is 0.275.